The molecule has 3 heteroatoms. The minimum Gasteiger partial charge on any atom is -0.491 e. The van der Waals surface area contributed by atoms with Crippen molar-refractivity contribution in [1.82, 2.24) is 0 Å². The standard InChI is InChI=1S/C17H28N2O/c1-14(2)7-6-12-20-17-10-4-3-9-16(17)19-11-5-8-15(18)13-19/h3-4,9-10,14-15H,5-8,11-13,18H2,1-2H3. The predicted molar refractivity (Wildman–Crippen MR) is 85.4 cm³/mol. The van der Waals surface area contributed by atoms with Gasteiger partial charge in [-0.3, -0.25) is 0 Å². The van der Waals surface area contributed by atoms with Gasteiger partial charge in [0.15, 0.2) is 0 Å². The summed E-state index contributed by atoms with van der Waals surface area (Å²) < 4.78 is 5.99. The second-order valence-corrected chi connectivity index (χ2v) is 6.20. The lowest BCUT2D eigenvalue weighted by atomic mass is 10.1. The quantitative estimate of drug-likeness (QED) is 0.809. The fourth-order valence-electron chi connectivity index (χ4n) is 2.74. The average molecular weight is 276 g/mol. The molecule has 2 rings (SSSR count). The molecule has 0 radical (unpaired) electrons. The smallest absolute Gasteiger partial charge is 0.142 e. The molecule has 0 bridgehead atoms. The van der Waals surface area contributed by atoms with E-state index in [0.717, 1.165) is 44.2 Å². The first-order chi connectivity index (χ1) is 9.66. The maximum absolute atomic E-state index is 6.09. The summed E-state index contributed by atoms with van der Waals surface area (Å²) in [4.78, 5) is 2.37. The van der Waals surface area contributed by atoms with Gasteiger partial charge in [0.1, 0.15) is 5.75 Å². The Labute approximate surface area is 123 Å². The summed E-state index contributed by atoms with van der Waals surface area (Å²) in [6.07, 6.45) is 4.64. The third-order valence-electron chi connectivity index (χ3n) is 3.85. The van der Waals surface area contributed by atoms with Crippen molar-refractivity contribution >= 4 is 5.69 Å². The number of nitrogens with two attached hydrogens (primary N) is 1. The first-order valence-corrected chi connectivity index (χ1v) is 7.89. The molecule has 1 aromatic rings. The molecule has 112 valence electrons. The van der Waals surface area contributed by atoms with E-state index in [0.29, 0.717) is 0 Å². The number of hydrogen-bond donors (Lipinski definition) is 1. The summed E-state index contributed by atoms with van der Waals surface area (Å²) >= 11 is 0. The van der Waals surface area contributed by atoms with Crippen molar-refractivity contribution in [2.45, 2.75) is 45.6 Å². The zero-order chi connectivity index (χ0) is 14.4. The highest BCUT2D eigenvalue weighted by molar-refractivity contribution is 5.58. The first kappa shape index (κ1) is 15.2. The van der Waals surface area contributed by atoms with Crippen molar-refractivity contribution in [2.75, 3.05) is 24.6 Å². The molecule has 1 aromatic carbocycles. The molecule has 3 nitrogen and oxygen atoms in total. The van der Waals surface area contributed by atoms with Gasteiger partial charge in [0.2, 0.25) is 0 Å². The Morgan fingerprint density at radius 1 is 1.35 bits per heavy atom. The van der Waals surface area contributed by atoms with E-state index in [1.54, 1.807) is 0 Å². The van der Waals surface area contributed by atoms with E-state index < -0.39 is 0 Å². The number of para-hydroxylation sites is 2. The van der Waals surface area contributed by atoms with Gasteiger partial charge >= 0.3 is 0 Å². The lowest BCUT2D eigenvalue weighted by molar-refractivity contribution is 0.297. The molecular formula is C17H28N2O. The number of benzene rings is 1. The monoisotopic (exact) mass is 276 g/mol. The molecular weight excluding hydrogens is 248 g/mol. The number of anilines is 1. The first-order valence-electron chi connectivity index (χ1n) is 7.89. The van der Waals surface area contributed by atoms with Crippen LogP contribution in [0.1, 0.15) is 39.5 Å². The van der Waals surface area contributed by atoms with Gasteiger partial charge in [-0.25, -0.2) is 0 Å². The van der Waals surface area contributed by atoms with Gasteiger partial charge < -0.3 is 15.4 Å². The van der Waals surface area contributed by atoms with E-state index in [1.807, 2.05) is 6.07 Å². The molecule has 1 saturated heterocycles. The van der Waals surface area contributed by atoms with Gasteiger partial charge in [-0.05, 0) is 43.7 Å². The number of piperidine rings is 1. The molecule has 0 aliphatic carbocycles. The van der Waals surface area contributed by atoms with Crippen LogP contribution >= 0.6 is 0 Å². The summed E-state index contributed by atoms with van der Waals surface area (Å²) in [5.41, 5.74) is 7.29. The van der Waals surface area contributed by atoms with Crippen LogP contribution in [0.25, 0.3) is 0 Å². The van der Waals surface area contributed by atoms with Gasteiger partial charge in [0, 0.05) is 19.1 Å². The van der Waals surface area contributed by atoms with Crippen LogP contribution in [0, 0.1) is 5.92 Å². The van der Waals surface area contributed by atoms with Crippen molar-refractivity contribution in [1.29, 1.82) is 0 Å². The molecule has 2 N–H and O–H groups in total. The molecule has 0 amide bonds. The Balaban J connectivity index is 1.95. The van der Waals surface area contributed by atoms with Crippen LogP contribution in [-0.2, 0) is 0 Å². The summed E-state index contributed by atoms with van der Waals surface area (Å²) in [5.74, 6) is 1.75. The predicted octanol–water partition coefficient (Wildman–Crippen LogP) is 3.43. The summed E-state index contributed by atoms with van der Waals surface area (Å²) in [6.45, 7) is 7.33. The average Bonchev–Trinajstić information content (AvgIpc) is 2.44. The van der Waals surface area contributed by atoms with Crippen molar-refractivity contribution in [2.24, 2.45) is 11.7 Å². The maximum Gasteiger partial charge on any atom is 0.142 e. The molecule has 20 heavy (non-hydrogen) atoms. The van der Waals surface area contributed by atoms with E-state index in [-0.39, 0.29) is 6.04 Å². The van der Waals surface area contributed by atoms with Gasteiger partial charge in [-0.1, -0.05) is 26.0 Å². The van der Waals surface area contributed by atoms with Gasteiger partial charge in [-0.15, -0.1) is 0 Å². The van der Waals surface area contributed by atoms with E-state index in [2.05, 4.69) is 36.9 Å². The van der Waals surface area contributed by atoms with Crippen molar-refractivity contribution in [3.05, 3.63) is 24.3 Å². The Bertz CT molecular complexity index is 406. The molecule has 1 aliphatic rings. The van der Waals surface area contributed by atoms with Crippen molar-refractivity contribution in [3.8, 4) is 5.75 Å². The van der Waals surface area contributed by atoms with Crippen LogP contribution in [0.15, 0.2) is 24.3 Å². The zero-order valence-electron chi connectivity index (χ0n) is 12.8. The highest BCUT2D eigenvalue weighted by Crippen LogP contribution is 2.30. The minimum absolute atomic E-state index is 0.290. The molecule has 1 fully saturated rings. The summed E-state index contributed by atoms with van der Waals surface area (Å²) in [7, 11) is 0. The van der Waals surface area contributed by atoms with Crippen molar-refractivity contribution in [3.63, 3.8) is 0 Å². The lowest BCUT2D eigenvalue weighted by Gasteiger charge is -2.33. The second kappa shape index (κ2) is 7.53. The van der Waals surface area contributed by atoms with Gasteiger partial charge in [-0.2, -0.15) is 0 Å². The molecule has 1 unspecified atom stereocenters. The minimum atomic E-state index is 0.290. The topological polar surface area (TPSA) is 38.5 Å². The fraction of sp³-hybridized carbons (Fsp3) is 0.647. The van der Waals surface area contributed by atoms with Crippen LogP contribution in [-0.4, -0.2) is 25.7 Å². The number of nitrogens with zero attached hydrogens (tertiary/aromatic N) is 1. The molecule has 1 heterocycles. The number of hydrogen-bond acceptors (Lipinski definition) is 3. The normalized spacial score (nSPS) is 19.4. The van der Waals surface area contributed by atoms with Crippen LogP contribution in [0.5, 0.6) is 5.75 Å². The van der Waals surface area contributed by atoms with E-state index in [9.17, 15) is 0 Å². The lowest BCUT2D eigenvalue weighted by Crippen LogP contribution is -2.43. The van der Waals surface area contributed by atoms with Crippen LogP contribution in [0.2, 0.25) is 0 Å². The Kier molecular flexibility index (Phi) is 5.72. The molecule has 0 aromatic heterocycles. The van der Waals surface area contributed by atoms with Crippen LogP contribution in [0.3, 0.4) is 0 Å². The van der Waals surface area contributed by atoms with Gasteiger partial charge in [0.05, 0.1) is 12.3 Å². The Morgan fingerprint density at radius 3 is 2.90 bits per heavy atom. The molecule has 1 aliphatic heterocycles. The highest BCUT2D eigenvalue weighted by atomic mass is 16.5. The Morgan fingerprint density at radius 2 is 2.15 bits per heavy atom. The molecule has 1 atom stereocenters. The third kappa shape index (κ3) is 4.41. The molecule has 0 spiro atoms. The van der Waals surface area contributed by atoms with Crippen LogP contribution < -0.4 is 15.4 Å². The summed E-state index contributed by atoms with van der Waals surface area (Å²) in [6, 6.07) is 8.64. The van der Waals surface area contributed by atoms with Crippen molar-refractivity contribution < 1.29 is 4.74 Å². The third-order valence-corrected chi connectivity index (χ3v) is 3.85. The second-order valence-electron chi connectivity index (χ2n) is 6.20. The fourth-order valence-corrected chi connectivity index (χ4v) is 2.74. The Hall–Kier alpha value is -1.22. The maximum atomic E-state index is 6.09. The largest absolute Gasteiger partial charge is 0.491 e. The summed E-state index contributed by atoms with van der Waals surface area (Å²) in [5, 5.41) is 0. The van der Waals surface area contributed by atoms with Gasteiger partial charge in [0.25, 0.3) is 0 Å². The van der Waals surface area contributed by atoms with E-state index >= 15 is 0 Å². The molecule has 0 saturated carbocycles. The van der Waals surface area contributed by atoms with Crippen LogP contribution in [0.4, 0.5) is 5.69 Å². The highest BCUT2D eigenvalue weighted by Gasteiger charge is 2.19. The zero-order valence-corrected chi connectivity index (χ0v) is 12.8. The SMILES string of the molecule is CC(C)CCCOc1ccccc1N1CCCC(N)C1. The number of rotatable bonds is 6. The van der Waals surface area contributed by atoms with E-state index in [4.69, 9.17) is 10.5 Å². The number of ether oxygens (including phenoxy) is 1. The van der Waals surface area contributed by atoms with E-state index in [1.165, 1.54) is 18.5 Å².